The standard InChI is InChI=1S/C16H19N3O5S/c1-24-11-4-2-10(3-5-11)13-9-25-16(18-13)19-15(23)12(8-14(21)22)17-6-7-20/h2-5,9,12,17,20H,6-8H2,1H3,(H,21,22)(H,18,19,23)/t12-/m1/s1. The van der Waals surface area contributed by atoms with Gasteiger partial charge in [0.15, 0.2) is 5.13 Å². The highest BCUT2D eigenvalue weighted by atomic mass is 32.1. The molecule has 0 fully saturated rings. The fourth-order valence-electron chi connectivity index (χ4n) is 2.09. The molecule has 0 saturated heterocycles. The van der Waals surface area contributed by atoms with Gasteiger partial charge in [-0.15, -0.1) is 11.3 Å². The Morgan fingerprint density at radius 2 is 2.04 bits per heavy atom. The summed E-state index contributed by atoms with van der Waals surface area (Å²) >= 11 is 1.24. The number of amides is 1. The van der Waals surface area contributed by atoms with Crippen LogP contribution in [0.2, 0.25) is 0 Å². The highest BCUT2D eigenvalue weighted by Gasteiger charge is 2.22. The number of aliphatic hydroxyl groups is 1. The normalized spacial score (nSPS) is 11.8. The van der Waals surface area contributed by atoms with Crippen LogP contribution in [0.15, 0.2) is 29.6 Å². The van der Waals surface area contributed by atoms with Crippen molar-refractivity contribution >= 4 is 28.3 Å². The maximum atomic E-state index is 12.2. The van der Waals surface area contributed by atoms with Crippen molar-refractivity contribution in [3.05, 3.63) is 29.6 Å². The van der Waals surface area contributed by atoms with Crippen LogP contribution in [-0.2, 0) is 9.59 Å². The predicted octanol–water partition coefficient (Wildman–Crippen LogP) is 1.18. The van der Waals surface area contributed by atoms with Crippen molar-refractivity contribution in [2.45, 2.75) is 12.5 Å². The third-order valence-corrected chi connectivity index (χ3v) is 4.08. The monoisotopic (exact) mass is 365 g/mol. The van der Waals surface area contributed by atoms with Crippen molar-refractivity contribution in [3.63, 3.8) is 0 Å². The lowest BCUT2D eigenvalue weighted by Crippen LogP contribution is -2.43. The van der Waals surface area contributed by atoms with E-state index in [1.54, 1.807) is 12.5 Å². The van der Waals surface area contributed by atoms with Crippen LogP contribution in [0.25, 0.3) is 11.3 Å². The summed E-state index contributed by atoms with van der Waals surface area (Å²) in [5, 5.41) is 25.2. The van der Waals surface area contributed by atoms with E-state index in [9.17, 15) is 9.59 Å². The topological polar surface area (TPSA) is 121 Å². The quantitative estimate of drug-likeness (QED) is 0.526. The Labute approximate surface area is 148 Å². The van der Waals surface area contributed by atoms with Crippen LogP contribution in [0.1, 0.15) is 6.42 Å². The highest BCUT2D eigenvalue weighted by molar-refractivity contribution is 7.14. The molecule has 0 radical (unpaired) electrons. The summed E-state index contributed by atoms with van der Waals surface area (Å²) in [6.07, 6.45) is -0.386. The molecule has 1 atom stereocenters. The molecule has 2 rings (SSSR count). The summed E-state index contributed by atoms with van der Waals surface area (Å²) in [7, 11) is 1.59. The number of ether oxygens (including phenoxy) is 1. The number of hydrogen-bond acceptors (Lipinski definition) is 7. The molecule has 1 aromatic heterocycles. The third kappa shape index (κ3) is 5.52. The number of carbonyl (C=O) groups excluding carboxylic acids is 1. The minimum absolute atomic E-state index is 0.125. The minimum Gasteiger partial charge on any atom is -0.497 e. The van der Waals surface area contributed by atoms with Gasteiger partial charge in [-0.3, -0.25) is 9.59 Å². The van der Waals surface area contributed by atoms with Gasteiger partial charge in [0, 0.05) is 17.5 Å². The van der Waals surface area contributed by atoms with Crippen molar-refractivity contribution in [3.8, 4) is 17.0 Å². The number of aromatic nitrogens is 1. The van der Waals surface area contributed by atoms with Crippen molar-refractivity contribution in [1.82, 2.24) is 10.3 Å². The summed E-state index contributed by atoms with van der Waals surface area (Å²) in [6, 6.07) is 6.40. The van der Waals surface area contributed by atoms with Crippen LogP contribution in [0.5, 0.6) is 5.75 Å². The van der Waals surface area contributed by atoms with Gasteiger partial charge in [-0.1, -0.05) is 0 Å². The Bertz CT molecular complexity index is 717. The van der Waals surface area contributed by atoms with E-state index in [4.69, 9.17) is 14.9 Å². The van der Waals surface area contributed by atoms with Gasteiger partial charge in [0.25, 0.3) is 0 Å². The van der Waals surface area contributed by atoms with Gasteiger partial charge in [-0.05, 0) is 24.3 Å². The summed E-state index contributed by atoms with van der Waals surface area (Å²) in [4.78, 5) is 27.4. The van der Waals surface area contributed by atoms with Gasteiger partial charge in [0.05, 0.1) is 31.9 Å². The number of carbonyl (C=O) groups is 2. The van der Waals surface area contributed by atoms with Crippen LogP contribution in [0.3, 0.4) is 0 Å². The second kappa shape index (κ2) is 9.11. The highest BCUT2D eigenvalue weighted by Crippen LogP contribution is 2.26. The molecule has 25 heavy (non-hydrogen) atoms. The van der Waals surface area contributed by atoms with Gasteiger partial charge < -0.3 is 25.6 Å². The number of methoxy groups -OCH3 is 1. The number of nitrogens with zero attached hydrogens (tertiary/aromatic N) is 1. The number of aliphatic hydroxyl groups excluding tert-OH is 1. The van der Waals surface area contributed by atoms with Crippen LogP contribution in [0.4, 0.5) is 5.13 Å². The largest absolute Gasteiger partial charge is 0.497 e. The van der Waals surface area contributed by atoms with E-state index in [0.717, 1.165) is 11.3 Å². The predicted molar refractivity (Wildman–Crippen MR) is 93.9 cm³/mol. The van der Waals surface area contributed by atoms with Gasteiger partial charge in [0.1, 0.15) is 5.75 Å². The molecule has 1 amide bonds. The maximum Gasteiger partial charge on any atom is 0.305 e. The van der Waals surface area contributed by atoms with E-state index in [1.807, 2.05) is 24.3 Å². The molecule has 0 bridgehead atoms. The number of benzene rings is 1. The van der Waals surface area contributed by atoms with Crippen molar-refractivity contribution in [2.24, 2.45) is 0 Å². The van der Waals surface area contributed by atoms with Crippen LogP contribution < -0.4 is 15.4 Å². The summed E-state index contributed by atoms with van der Waals surface area (Å²) in [5.74, 6) is -0.880. The lowest BCUT2D eigenvalue weighted by Gasteiger charge is -2.14. The van der Waals surface area contributed by atoms with Crippen molar-refractivity contribution in [1.29, 1.82) is 0 Å². The number of carboxylic acid groups (broad SMARTS) is 1. The lowest BCUT2D eigenvalue weighted by molar-refractivity contribution is -0.139. The molecule has 0 spiro atoms. The van der Waals surface area contributed by atoms with E-state index >= 15 is 0 Å². The van der Waals surface area contributed by atoms with E-state index in [2.05, 4.69) is 15.6 Å². The fourth-order valence-corrected chi connectivity index (χ4v) is 2.81. The SMILES string of the molecule is COc1ccc(-c2csc(NC(=O)[C@@H](CC(=O)O)NCCO)n2)cc1. The van der Waals surface area contributed by atoms with Crippen LogP contribution in [-0.4, -0.2) is 53.4 Å². The average Bonchev–Trinajstić information content (AvgIpc) is 3.06. The fraction of sp³-hybridized carbons (Fsp3) is 0.312. The first-order valence-corrected chi connectivity index (χ1v) is 8.38. The zero-order chi connectivity index (χ0) is 18.2. The Morgan fingerprint density at radius 1 is 1.32 bits per heavy atom. The van der Waals surface area contributed by atoms with Crippen molar-refractivity contribution < 1.29 is 24.5 Å². The second-order valence-corrected chi connectivity index (χ2v) is 5.94. The lowest BCUT2D eigenvalue weighted by atomic mass is 10.2. The molecule has 8 nitrogen and oxygen atoms in total. The molecule has 0 unspecified atom stereocenters. The Balaban J connectivity index is 2.04. The summed E-state index contributed by atoms with van der Waals surface area (Å²) in [6.45, 7) is -0.0669. The molecule has 0 aliphatic rings. The molecule has 0 aliphatic carbocycles. The van der Waals surface area contributed by atoms with Gasteiger partial charge >= 0.3 is 5.97 Å². The number of hydrogen-bond donors (Lipinski definition) is 4. The zero-order valence-electron chi connectivity index (χ0n) is 13.6. The number of thiazole rings is 1. The second-order valence-electron chi connectivity index (χ2n) is 5.08. The van der Waals surface area contributed by atoms with Crippen LogP contribution in [0, 0.1) is 0 Å². The van der Waals surface area contributed by atoms with Crippen LogP contribution >= 0.6 is 11.3 Å². The molecular weight excluding hydrogens is 346 g/mol. The molecular formula is C16H19N3O5S. The third-order valence-electron chi connectivity index (χ3n) is 3.32. The summed E-state index contributed by atoms with van der Waals surface area (Å²) < 4.78 is 5.11. The van der Waals surface area contributed by atoms with E-state index in [-0.39, 0.29) is 19.6 Å². The van der Waals surface area contributed by atoms with E-state index in [0.29, 0.717) is 10.8 Å². The Kier molecular flexibility index (Phi) is 6.87. The number of carboxylic acids is 1. The zero-order valence-corrected chi connectivity index (χ0v) is 14.4. The minimum atomic E-state index is -1.11. The molecule has 4 N–H and O–H groups in total. The Hall–Kier alpha value is -2.49. The molecule has 134 valence electrons. The molecule has 0 aliphatic heterocycles. The number of rotatable bonds is 9. The number of aliphatic carboxylic acids is 1. The van der Waals surface area contributed by atoms with E-state index in [1.165, 1.54) is 11.3 Å². The average molecular weight is 365 g/mol. The maximum absolute atomic E-state index is 12.2. The smallest absolute Gasteiger partial charge is 0.305 e. The molecule has 0 saturated carbocycles. The van der Waals surface area contributed by atoms with Gasteiger partial charge in [-0.25, -0.2) is 4.98 Å². The molecule has 9 heteroatoms. The Morgan fingerprint density at radius 3 is 2.64 bits per heavy atom. The molecule has 2 aromatic rings. The first-order valence-electron chi connectivity index (χ1n) is 7.50. The van der Waals surface area contributed by atoms with Crippen molar-refractivity contribution in [2.75, 3.05) is 25.6 Å². The van der Waals surface area contributed by atoms with Gasteiger partial charge in [0.2, 0.25) is 5.91 Å². The first kappa shape index (κ1) is 18.8. The molecule has 1 heterocycles. The van der Waals surface area contributed by atoms with E-state index < -0.39 is 17.9 Å². The molecule has 1 aromatic carbocycles. The first-order chi connectivity index (χ1) is 12.0. The number of nitrogens with one attached hydrogen (secondary N) is 2. The summed E-state index contributed by atoms with van der Waals surface area (Å²) in [5.41, 5.74) is 1.57. The van der Waals surface area contributed by atoms with Gasteiger partial charge in [-0.2, -0.15) is 0 Å². The number of anilines is 1.